The molecule has 44 heavy (non-hydrogen) atoms. The molecular formula is C33H37N9O2. The minimum Gasteiger partial charge on any atom is -0.370 e. The average molecular weight is 592 g/mol. The number of guanidine groups is 1. The second-order valence-corrected chi connectivity index (χ2v) is 11.2. The number of hydrogen-bond donors (Lipinski definition) is 4. The third kappa shape index (κ3) is 6.34. The smallest absolute Gasteiger partial charge is 0.254 e. The molecule has 1 fully saturated rings. The maximum atomic E-state index is 13.7. The lowest BCUT2D eigenvalue weighted by molar-refractivity contribution is -0.121. The molecule has 11 heteroatoms. The number of hydrogen-bond acceptors (Lipinski definition) is 6. The van der Waals surface area contributed by atoms with Gasteiger partial charge in [0.25, 0.3) is 5.91 Å². The fourth-order valence-corrected chi connectivity index (χ4v) is 5.91. The summed E-state index contributed by atoms with van der Waals surface area (Å²) in [5.74, 6) is -0.284. The van der Waals surface area contributed by atoms with Crippen LogP contribution in [0.3, 0.4) is 0 Å². The van der Waals surface area contributed by atoms with E-state index in [9.17, 15) is 14.9 Å². The third-order valence-corrected chi connectivity index (χ3v) is 8.04. The molecule has 0 radical (unpaired) electrons. The van der Waals surface area contributed by atoms with Gasteiger partial charge in [-0.2, -0.15) is 5.26 Å². The zero-order valence-electron chi connectivity index (χ0n) is 25.0. The molecule has 1 aliphatic rings. The van der Waals surface area contributed by atoms with E-state index in [0.29, 0.717) is 66.0 Å². The van der Waals surface area contributed by atoms with Crippen LogP contribution in [0.4, 0.5) is 5.69 Å². The summed E-state index contributed by atoms with van der Waals surface area (Å²) < 4.78 is 1.79. The molecule has 0 bridgehead atoms. The van der Waals surface area contributed by atoms with Gasteiger partial charge in [0.15, 0.2) is 5.96 Å². The molecule has 1 aromatic heterocycles. The van der Waals surface area contributed by atoms with Gasteiger partial charge in [-0.1, -0.05) is 24.3 Å². The summed E-state index contributed by atoms with van der Waals surface area (Å²) in [5, 5.41) is 19.7. The van der Waals surface area contributed by atoms with Crippen LogP contribution in [-0.2, 0) is 4.79 Å². The van der Waals surface area contributed by atoms with E-state index < -0.39 is 11.9 Å². The number of nitriles is 1. The van der Waals surface area contributed by atoms with Gasteiger partial charge in [0.05, 0.1) is 22.7 Å². The number of imidazole rings is 1. The molecule has 0 aliphatic carbocycles. The van der Waals surface area contributed by atoms with Crippen molar-refractivity contribution in [2.45, 2.75) is 38.8 Å². The number of amides is 2. The van der Waals surface area contributed by atoms with Crippen LogP contribution in [0.5, 0.6) is 0 Å². The van der Waals surface area contributed by atoms with Crippen molar-refractivity contribution in [2.75, 3.05) is 31.1 Å². The molecule has 11 nitrogen and oxygen atoms in total. The highest BCUT2D eigenvalue weighted by Crippen LogP contribution is 2.32. The third-order valence-electron chi connectivity index (χ3n) is 8.04. The van der Waals surface area contributed by atoms with Gasteiger partial charge in [-0.25, -0.2) is 4.98 Å². The number of benzene rings is 3. The number of primary amides is 1. The summed E-state index contributed by atoms with van der Waals surface area (Å²) in [6.07, 6.45) is 0.892. The number of aryl methyl sites for hydroxylation is 1. The number of fused-ring (bicyclic) bond motifs is 1. The van der Waals surface area contributed by atoms with Crippen molar-refractivity contribution < 1.29 is 9.59 Å². The first-order valence-electron chi connectivity index (χ1n) is 14.7. The average Bonchev–Trinajstić information content (AvgIpc) is 3.38. The predicted octanol–water partition coefficient (Wildman–Crippen LogP) is 3.52. The van der Waals surface area contributed by atoms with Gasteiger partial charge in [0, 0.05) is 49.0 Å². The van der Waals surface area contributed by atoms with Crippen molar-refractivity contribution in [2.24, 2.45) is 11.5 Å². The number of piperazine rings is 1. The fraction of sp³-hybridized carbons (Fsp3) is 0.303. The molecule has 6 N–H and O–H groups in total. The van der Waals surface area contributed by atoms with Crippen molar-refractivity contribution in [1.29, 1.82) is 10.7 Å². The van der Waals surface area contributed by atoms with E-state index >= 15 is 0 Å². The minimum atomic E-state index is -0.758. The summed E-state index contributed by atoms with van der Waals surface area (Å²) in [7, 11) is 0. The number of nitrogens with zero attached hydrogens (tertiary/aromatic N) is 5. The number of nitrogens with one attached hydrogen (secondary N) is 2. The van der Waals surface area contributed by atoms with Crippen LogP contribution in [0.25, 0.3) is 22.4 Å². The number of aromatic nitrogens is 2. The Morgan fingerprint density at radius 2 is 1.91 bits per heavy atom. The topological polar surface area (TPSA) is 170 Å². The lowest BCUT2D eigenvalue weighted by atomic mass is 10.1. The molecule has 3 aromatic carbocycles. The van der Waals surface area contributed by atoms with Crippen LogP contribution in [0.2, 0.25) is 0 Å². The van der Waals surface area contributed by atoms with Gasteiger partial charge in [-0.3, -0.25) is 15.0 Å². The number of anilines is 1. The molecule has 2 unspecified atom stereocenters. The van der Waals surface area contributed by atoms with Crippen molar-refractivity contribution in [3.05, 3.63) is 83.4 Å². The van der Waals surface area contributed by atoms with Crippen LogP contribution in [-0.4, -0.2) is 64.4 Å². The lowest BCUT2D eigenvalue weighted by Gasteiger charge is -2.41. The Bertz CT molecular complexity index is 1760. The molecule has 226 valence electrons. The van der Waals surface area contributed by atoms with Crippen molar-refractivity contribution in [1.82, 2.24) is 19.8 Å². The lowest BCUT2D eigenvalue weighted by Crippen LogP contribution is -2.53. The Hall–Kier alpha value is -5.37. The van der Waals surface area contributed by atoms with Crippen LogP contribution < -0.4 is 21.7 Å². The van der Waals surface area contributed by atoms with E-state index in [1.165, 1.54) is 5.56 Å². The molecular weight excluding hydrogens is 554 g/mol. The highest BCUT2D eigenvalue weighted by molar-refractivity contribution is 5.98. The van der Waals surface area contributed by atoms with E-state index in [1.807, 2.05) is 17.0 Å². The zero-order chi connectivity index (χ0) is 31.4. The minimum absolute atomic E-state index is 0.0769. The van der Waals surface area contributed by atoms with Crippen molar-refractivity contribution in [3.63, 3.8) is 0 Å². The second-order valence-electron chi connectivity index (χ2n) is 11.2. The van der Waals surface area contributed by atoms with E-state index in [2.05, 4.69) is 54.4 Å². The largest absolute Gasteiger partial charge is 0.370 e. The Morgan fingerprint density at radius 3 is 2.61 bits per heavy atom. The van der Waals surface area contributed by atoms with Crippen LogP contribution in [0.15, 0.2) is 66.7 Å². The highest BCUT2D eigenvalue weighted by atomic mass is 16.2. The standard InChI is InChI=1S/C33H37N9O2/c1-21-6-3-9-26(16-21)41-15-14-40(20-22(41)2)32(44)25-11-12-28-27(18-25)39-31(24-8-4-7-23(17-24)19-34)42(28)29(30(35)43)10-5-13-38-33(36)37/h3-4,6-9,11-12,16-18,22,29H,5,10,13-15,20H2,1-2H3,(H2,35,43)(H4,36,37,38). The summed E-state index contributed by atoms with van der Waals surface area (Å²) >= 11 is 0. The first-order chi connectivity index (χ1) is 21.2. The molecule has 5 rings (SSSR count). The molecule has 0 saturated carbocycles. The molecule has 2 amide bonds. The Labute approximate surface area is 256 Å². The molecule has 0 spiro atoms. The molecule has 1 saturated heterocycles. The summed E-state index contributed by atoms with van der Waals surface area (Å²) in [5.41, 5.74) is 16.5. The quantitative estimate of drug-likeness (QED) is 0.131. The van der Waals surface area contributed by atoms with Crippen LogP contribution in [0.1, 0.15) is 47.3 Å². The summed E-state index contributed by atoms with van der Waals surface area (Å²) in [4.78, 5) is 35.6. The van der Waals surface area contributed by atoms with Gasteiger partial charge < -0.3 is 31.2 Å². The number of carbonyl (C=O) groups excluding carboxylic acids is 2. The Morgan fingerprint density at radius 1 is 1.11 bits per heavy atom. The van der Waals surface area contributed by atoms with Crippen molar-refractivity contribution >= 4 is 34.5 Å². The summed E-state index contributed by atoms with van der Waals surface area (Å²) in [6.45, 7) is 6.51. The Kier molecular flexibility index (Phi) is 8.81. The van der Waals surface area contributed by atoms with E-state index in [0.717, 1.165) is 12.2 Å². The zero-order valence-corrected chi connectivity index (χ0v) is 25.0. The molecule has 4 aromatic rings. The molecule has 1 aliphatic heterocycles. The molecule has 2 heterocycles. The van der Waals surface area contributed by atoms with Gasteiger partial charge >= 0.3 is 0 Å². The van der Waals surface area contributed by atoms with Crippen molar-refractivity contribution in [3.8, 4) is 17.5 Å². The fourth-order valence-electron chi connectivity index (χ4n) is 5.91. The van der Waals surface area contributed by atoms with E-state index in [4.69, 9.17) is 21.9 Å². The number of nitrogens with two attached hydrogens (primary N) is 2. The van der Waals surface area contributed by atoms with Crippen LogP contribution >= 0.6 is 0 Å². The maximum absolute atomic E-state index is 13.7. The van der Waals surface area contributed by atoms with Crippen LogP contribution in [0, 0.1) is 23.7 Å². The monoisotopic (exact) mass is 591 g/mol. The number of carbonyl (C=O) groups is 2. The van der Waals surface area contributed by atoms with E-state index in [-0.39, 0.29) is 17.9 Å². The first-order valence-corrected chi connectivity index (χ1v) is 14.7. The Balaban J connectivity index is 1.47. The first kappa shape index (κ1) is 30.1. The van der Waals surface area contributed by atoms with Gasteiger partial charge in [-0.05, 0) is 74.7 Å². The van der Waals surface area contributed by atoms with Gasteiger partial charge in [0.2, 0.25) is 5.91 Å². The number of rotatable bonds is 9. The highest BCUT2D eigenvalue weighted by Gasteiger charge is 2.29. The van der Waals surface area contributed by atoms with Gasteiger partial charge in [-0.15, -0.1) is 0 Å². The maximum Gasteiger partial charge on any atom is 0.254 e. The second kappa shape index (κ2) is 12.9. The summed E-state index contributed by atoms with van der Waals surface area (Å²) in [6, 6.07) is 22.3. The predicted molar refractivity (Wildman–Crippen MR) is 171 cm³/mol. The molecule has 2 atom stereocenters. The van der Waals surface area contributed by atoms with E-state index in [1.54, 1.807) is 34.9 Å². The SMILES string of the molecule is Cc1cccc(N2CCN(C(=O)c3ccc4c(c3)nc(-c3cccc(C#N)c3)n4C(CCCNC(=N)N)C(N)=O)CC2C)c1. The normalized spacial score (nSPS) is 15.5. The van der Waals surface area contributed by atoms with Gasteiger partial charge in [0.1, 0.15) is 11.9 Å².